The van der Waals surface area contributed by atoms with Crippen molar-refractivity contribution in [3.8, 4) is 11.1 Å². The number of hydrogen-bond acceptors (Lipinski definition) is 4. The smallest absolute Gasteiger partial charge is 0.407 e. The van der Waals surface area contributed by atoms with E-state index in [1.807, 2.05) is 53.8 Å². The van der Waals surface area contributed by atoms with Gasteiger partial charge in [0.15, 0.2) is 0 Å². The highest BCUT2D eigenvalue weighted by molar-refractivity contribution is 5.79. The van der Waals surface area contributed by atoms with E-state index in [0.29, 0.717) is 0 Å². The Kier molecular flexibility index (Phi) is 7.97. The zero-order chi connectivity index (χ0) is 24.0. The summed E-state index contributed by atoms with van der Waals surface area (Å²) >= 11 is 0. The first-order chi connectivity index (χ1) is 15.8. The van der Waals surface area contributed by atoms with Gasteiger partial charge in [0.25, 0.3) is 6.43 Å². The third-order valence-electron chi connectivity index (χ3n) is 5.56. The molecule has 7 nitrogen and oxygen atoms in total. The lowest BCUT2D eigenvalue weighted by molar-refractivity contribution is -0.139. The summed E-state index contributed by atoms with van der Waals surface area (Å²) in [5.74, 6) is -2.21. The Labute approximate surface area is 190 Å². The van der Waals surface area contributed by atoms with Crippen molar-refractivity contribution in [2.45, 2.75) is 50.6 Å². The molecule has 1 aliphatic rings. The molecule has 3 N–H and O–H groups in total. The molecule has 0 fully saturated rings. The number of aliphatic carboxylic acids is 1. The molecule has 2 unspecified atom stereocenters. The summed E-state index contributed by atoms with van der Waals surface area (Å²) in [6, 6.07) is 13.7. The van der Waals surface area contributed by atoms with Gasteiger partial charge in [-0.1, -0.05) is 48.5 Å². The van der Waals surface area contributed by atoms with Crippen molar-refractivity contribution in [2.75, 3.05) is 6.61 Å². The molecule has 0 saturated heterocycles. The van der Waals surface area contributed by atoms with Crippen LogP contribution in [0.25, 0.3) is 11.1 Å². The predicted octanol–water partition coefficient (Wildman–Crippen LogP) is 3.92. The molecule has 0 bridgehead atoms. The molecule has 0 radical (unpaired) electrons. The fourth-order valence-corrected chi connectivity index (χ4v) is 3.93. The molecular formula is C24H26F2N2O5. The van der Waals surface area contributed by atoms with E-state index in [-0.39, 0.29) is 25.4 Å². The van der Waals surface area contributed by atoms with Gasteiger partial charge in [-0.15, -0.1) is 0 Å². The molecule has 33 heavy (non-hydrogen) atoms. The van der Waals surface area contributed by atoms with Crippen molar-refractivity contribution in [1.29, 1.82) is 0 Å². The third-order valence-corrected chi connectivity index (χ3v) is 5.56. The average Bonchev–Trinajstić information content (AvgIpc) is 3.09. The van der Waals surface area contributed by atoms with Crippen LogP contribution in [-0.2, 0) is 14.3 Å². The van der Waals surface area contributed by atoms with E-state index in [0.717, 1.165) is 22.3 Å². The number of hydrogen-bond donors (Lipinski definition) is 3. The molecule has 0 saturated carbocycles. The number of nitrogens with one attached hydrogen (secondary N) is 2. The molecule has 0 spiro atoms. The van der Waals surface area contributed by atoms with Crippen LogP contribution < -0.4 is 10.6 Å². The van der Waals surface area contributed by atoms with Gasteiger partial charge in [-0.25, -0.2) is 13.6 Å². The topological polar surface area (TPSA) is 105 Å². The lowest BCUT2D eigenvalue weighted by Crippen LogP contribution is -2.42. The van der Waals surface area contributed by atoms with Gasteiger partial charge in [0, 0.05) is 18.4 Å². The van der Waals surface area contributed by atoms with Gasteiger partial charge in [-0.3, -0.25) is 9.59 Å². The molecule has 1 aliphatic carbocycles. The van der Waals surface area contributed by atoms with E-state index >= 15 is 0 Å². The van der Waals surface area contributed by atoms with Gasteiger partial charge in [0.2, 0.25) is 5.91 Å². The maximum atomic E-state index is 12.8. The van der Waals surface area contributed by atoms with Gasteiger partial charge in [-0.05, 0) is 35.6 Å². The van der Waals surface area contributed by atoms with E-state index in [1.165, 1.54) is 0 Å². The average molecular weight is 460 g/mol. The first-order valence-corrected chi connectivity index (χ1v) is 10.7. The predicted molar refractivity (Wildman–Crippen MR) is 117 cm³/mol. The van der Waals surface area contributed by atoms with Crippen molar-refractivity contribution in [2.24, 2.45) is 0 Å². The van der Waals surface area contributed by atoms with Gasteiger partial charge in [0.1, 0.15) is 12.6 Å². The zero-order valence-corrected chi connectivity index (χ0v) is 18.1. The largest absolute Gasteiger partial charge is 0.481 e. The van der Waals surface area contributed by atoms with Crippen LogP contribution in [0.15, 0.2) is 48.5 Å². The molecule has 3 rings (SSSR count). The van der Waals surface area contributed by atoms with Crippen LogP contribution in [0.1, 0.15) is 43.2 Å². The highest BCUT2D eigenvalue weighted by Crippen LogP contribution is 2.44. The number of carbonyl (C=O) groups is 3. The minimum atomic E-state index is -2.98. The number of alkyl halides is 2. The second kappa shape index (κ2) is 10.9. The molecule has 2 amide bonds. The van der Waals surface area contributed by atoms with Crippen LogP contribution in [-0.4, -0.2) is 48.2 Å². The molecular weight excluding hydrogens is 434 g/mol. The number of benzene rings is 2. The van der Waals surface area contributed by atoms with Gasteiger partial charge in [0.05, 0.1) is 6.42 Å². The number of alkyl carbamates (subject to hydrolysis) is 1. The number of halogens is 2. The van der Waals surface area contributed by atoms with Crippen LogP contribution in [0, 0.1) is 0 Å². The normalized spacial score (nSPS) is 14.2. The summed E-state index contributed by atoms with van der Waals surface area (Å²) in [7, 11) is 0. The maximum absolute atomic E-state index is 12.8. The standard InChI is InChI=1S/C24H26F2N2O5/c1-14(10-11-21(29)28-20(23(25)26)12-22(30)31)27-24(32)33-13-19-17-8-4-2-6-15(17)16-7-3-5-9-18(16)19/h2-9,14,19-20,23H,10-13H2,1H3,(H,27,32)(H,28,29)(H,30,31). The number of rotatable bonds is 10. The Morgan fingerprint density at radius 2 is 1.58 bits per heavy atom. The highest BCUT2D eigenvalue weighted by atomic mass is 19.3. The van der Waals surface area contributed by atoms with Gasteiger partial charge in [-0.2, -0.15) is 0 Å². The Morgan fingerprint density at radius 3 is 2.12 bits per heavy atom. The molecule has 0 aliphatic heterocycles. The van der Waals surface area contributed by atoms with E-state index in [2.05, 4.69) is 5.32 Å². The summed E-state index contributed by atoms with van der Waals surface area (Å²) in [6.45, 7) is 1.81. The molecule has 0 aromatic heterocycles. The van der Waals surface area contributed by atoms with E-state index in [4.69, 9.17) is 9.84 Å². The number of carboxylic acids is 1. The molecule has 9 heteroatoms. The Morgan fingerprint density at radius 1 is 1.00 bits per heavy atom. The van der Waals surface area contributed by atoms with Gasteiger partial charge >= 0.3 is 12.1 Å². The number of carboxylic acid groups (broad SMARTS) is 1. The van der Waals surface area contributed by atoms with Crippen molar-refractivity contribution in [1.82, 2.24) is 10.6 Å². The van der Waals surface area contributed by atoms with Crippen LogP contribution in [0.2, 0.25) is 0 Å². The quantitative estimate of drug-likeness (QED) is 0.499. The van der Waals surface area contributed by atoms with Crippen LogP contribution in [0.5, 0.6) is 0 Å². The summed E-state index contributed by atoms with van der Waals surface area (Å²) < 4.78 is 31.1. The molecule has 2 aromatic carbocycles. The second-order valence-electron chi connectivity index (χ2n) is 8.02. The van der Waals surface area contributed by atoms with Crippen LogP contribution >= 0.6 is 0 Å². The summed E-state index contributed by atoms with van der Waals surface area (Å²) in [5, 5.41) is 13.3. The molecule has 2 atom stereocenters. The first-order valence-electron chi connectivity index (χ1n) is 10.7. The number of carbonyl (C=O) groups excluding carboxylic acids is 2. The lowest BCUT2D eigenvalue weighted by atomic mass is 9.98. The van der Waals surface area contributed by atoms with Crippen molar-refractivity contribution >= 4 is 18.0 Å². The lowest BCUT2D eigenvalue weighted by Gasteiger charge is -2.18. The number of amides is 2. The fourth-order valence-electron chi connectivity index (χ4n) is 3.93. The Bertz CT molecular complexity index is 968. The minimum Gasteiger partial charge on any atom is -0.481 e. The number of fused-ring (bicyclic) bond motifs is 3. The van der Waals surface area contributed by atoms with E-state index in [9.17, 15) is 23.2 Å². The van der Waals surface area contributed by atoms with E-state index < -0.39 is 42.9 Å². The van der Waals surface area contributed by atoms with Crippen molar-refractivity contribution in [3.05, 3.63) is 59.7 Å². The fraction of sp³-hybridized carbons (Fsp3) is 0.375. The third kappa shape index (κ3) is 6.27. The molecule has 176 valence electrons. The summed E-state index contributed by atoms with van der Waals surface area (Å²) in [5.41, 5.74) is 4.41. The monoisotopic (exact) mass is 460 g/mol. The van der Waals surface area contributed by atoms with Crippen LogP contribution in [0.3, 0.4) is 0 Å². The Balaban J connectivity index is 1.47. The van der Waals surface area contributed by atoms with Crippen LogP contribution in [0.4, 0.5) is 13.6 Å². The number of ether oxygens (including phenoxy) is 1. The van der Waals surface area contributed by atoms with Crippen molar-refractivity contribution in [3.63, 3.8) is 0 Å². The minimum absolute atomic E-state index is 0.0789. The second-order valence-corrected chi connectivity index (χ2v) is 8.02. The molecule has 0 heterocycles. The van der Waals surface area contributed by atoms with Gasteiger partial charge < -0.3 is 20.5 Å². The van der Waals surface area contributed by atoms with Crippen molar-refractivity contribution < 1.29 is 33.0 Å². The maximum Gasteiger partial charge on any atom is 0.407 e. The summed E-state index contributed by atoms with van der Waals surface area (Å²) in [4.78, 5) is 34.8. The Hall–Kier alpha value is -3.49. The zero-order valence-electron chi connectivity index (χ0n) is 18.1. The SMILES string of the molecule is CC(CCC(=O)NC(CC(=O)O)C(F)F)NC(=O)OCC1c2ccccc2-c2ccccc21. The first kappa shape index (κ1) is 24.2. The molecule has 2 aromatic rings. The van der Waals surface area contributed by atoms with E-state index in [1.54, 1.807) is 6.92 Å². The highest BCUT2D eigenvalue weighted by Gasteiger charge is 2.29. The summed E-state index contributed by atoms with van der Waals surface area (Å²) in [6.07, 6.45) is -4.45.